The van der Waals surface area contributed by atoms with Crippen LogP contribution in [-0.2, 0) is 26.4 Å². The fourth-order valence-electron chi connectivity index (χ4n) is 3.00. The molecule has 2 aromatic heterocycles. The first kappa shape index (κ1) is 14.6. The Morgan fingerprint density at radius 2 is 2.05 bits per heavy atom. The second kappa shape index (κ2) is 5.79. The lowest BCUT2D eigenvalue weighted by Crippen LogP contribution is -2.05. The normalized spacial score (nSPS) is 15.1. The predicted molar refractivity (Wildman–Crippen MR) is 85.7 cm³/mol. The zero-order valence-corrected chi connectivity index (χ0v) is 14.1. The van der Waals surface area contributed by atoms with Crippen molar-refractivity contribution in [2.24, 2.45) is 7.05 Å². The second-order valence-corrected chi connectivity index (χ2v) is 6.48. The fourth-order valence-corrected chi connectivity index (χ4v) is 3.74. The summed E-state index contributed by atoms with van der Waals surface area (Å²) in [5, 5.41) is 4.53. The summed E-state index contributed by atoms with van der Waals surface area (Å²) in [5.74, 6) is 0.291. The van der Waals surface area contributed by atoms with E-state index in [1.54, 1.807) is 0 Å². The van der Waals surface area contributed by atoms with Gasteiger partial charge in [-0.15, -0.1) is 0 Å². The first-order valence-corrected chi connectivity index (χ1v) is 8.31. The van der Waals surface area contributed by atoms with E-state index in [0.717, 1.165) is 53.7 Å². The number of Topliss-reactive ketones (excluding diaryl/α,β-unsaturated/α-hetero) is 1. The molecule has 0 aliphatic heterocycles. The summed E-state index contributed by atoms with van der Waals surface area (Å²) in [4.78, 5) is 12.1. The van der Waals surface area contributed by atoms with Gasteiger partial charge in [-0.25, -0.2) is 0 Å². The molecule has 0 saturated carbocycles. The van der Waals surface area contributed by atoms with Gasteiger partial charge in [0.2, 0.25) is 0 Å². The van der Waals surface area contributed by atoms with Gasteiger partial charge in [0.25, 0.3) is 0 Å². The molecule has 0 spiro atoms. The maximum absolute atomic E-state index is 12.1. The average molecular weight is 350 g/mol. The van der Waals surface area contributed by atoms with E-state index in [9.17, 15) is 4.79 Å². The van der Waals surface area contributed by atoms with Crippen molar-refractivity contribution in [3.05, 3.63) is 39.4 Å². The van der Waals surface area contributed by atoms with Crippen molar-refractivity contribution in [3.8, 4) is 0 Å². The molecular formula is C16H20BrN3O. The summed E-state index contributed by atoms with van der Waals surface area (Å²) in [5.41, 5.74) is 4.34. The number of nitrogens with zero attached hydrogens (tertiary/aromatic N) is 3. The Hall–Kier alpha value is -1.36. The molecule has 4 nitrogen and oxygen atoms in total. The third-order valence-electron chi connectivity index (χ3n) is 4.20. The molecule has 21 heavy (non-hydrogen) atoms. The van der Waals surface area contributed by atoms with Gasteiger partial charge in [0.05, 0.1) is 22.4 Å². The molecule has 2 heterocycles. The maximum atomic E-state index is 12.1. The molecule has 0 saturated heterocycles. The number of rotatable bonds is 3. The van der Waals surface area contributed by atoms with Crippen molar-refractivity contribution in [1.29, 1.82) is 0 Å². The van der Waals surface area contributed by atoms with Gasteiger partial charge in [-0.05, 0) is 47.2 Å². The lowest BCUT2D eigenvalue weighted by Gasteiger charge is -2.05. The fraction of sp³-hybridized carbons (Fsp3) is 0.500. The van der Waals surface area contributed by atoms with Crippen molar-refractivity contribution in [2.45, 2.75) is 45.6 Å². The van der Waals surface area contributed by atoms with Crippen molar-refractivity contribution < 1.29 is 4.79 Å². The molecule has 0 radical (unpaired) electrons. The van der Waals surface area contributed by atoms with Gasteiger partial charge in [0.15, 0.2) is 5.78 Å². The number of carbonyl (C=O) groups is 1. The molecule has 0 atom stereocenters. The second-order valence-electron chi connectivity index (χ2n) is 5.68. The molecule has 2 aromatic rings. The summed E-state index contributed by atoms with van der Waals surface area (Å²) < 4.78 is 5.13. The smallest absolute Gasteiger partial charge is 0.164 e. The average Bonchev–Trinajstić information content (AvgIpc) is 2.94. The van der Waals surface area contributed by atoms with Gasteiger partial charge in [-0.3, -0.25) is 9.48 Å². The minimum atomic E-state index is 0.291. The van der Waals surface area contributed by atoms with Crippen molar-refractivity contribution in [1.82, 2.24) is 14.3 Å². The third-order valence-corrected chi connectivity index (χ3v) is 5.11. The SMILES string of the molecule is CCc1nn(C)c(Cn2cc3c(c2)C(=O)CCCC3)c1Br. The molecule has 5 heteroatoms. The van der Waals surface area contributed by atoms with E-state index in [2.05, 4.69) is 38.7 Å². The van der Waals surface area contributed by atoms with Crippen LogP contribution in [0.3, 0.4) is 0 Å². The van der Waals surface area contributed by atoms with Crippen LogP contribution in [0.5, 0.6) is 0 Å². The Morgan fingerprint density at radius 1 is 1.29 bits per heavy atom. The lowest BCUT2D eigenvalue weighted by atomic mass is 10.1. The quantitative estimate of drug-likeness (QED) is 0.795. The maximum Gasteiger partial charge on any atom is 0.164 e. The third kappa shape index (κ3) is 2.71. The minimum absolute atomic E-state index is 0.291. The first-order chi connectivity index (χ1) is 10.1. The van der Waals surface area contributed by atoms with Gasteiger partial charge < -0.3 is 4.57 Å². The molecule has 0 fully saturated rings. The Balaban J connectivity index is 1.91. The molecule has 0 aromatic carbocycles. The highest BCUT2D eigenvalue weighted by molar-refractivity contribution is 9.10. The summed E-state index contributed by atoms with van der Waals surface area (Å²) >= 11 is 3.65. The van der Waals surface area contributed by atoms with Gasteiger partial charge >= 0.3 is 0 Å². The van der Waals surface area contributed by atoms with Crippen LogP contribution in [-0.4, -0.2) is 20.1 Å². The number of aromatic nitrogens is 3. The van der Waals surface area contributed by atoms with E-state index in [0.29, 0.717) is 12.2 Å². The van der Waals surface area contributed by atoms with Crippen LogP contribution in [0.15, 0.2) is 16.9 Å². The molecule has 1 aliphatic rings. The van der Waals surface area contributed by atoms with Gasteiger partial charge in [0, 0.05) is 31.4 Å². The zero-order chi connectivity index (χ0) is 15.0. The zero-order valence-electron chi connectivity index (χ0n) is 12.5. The highest BCUT2D eigenvalue weighted by Crippen LogP contribution is 2.25. The van der Waals surface area contributed by atoms with Crippen LogP contribution in [0.2, 0.25) is 0 Å². The van der Waals surface area contributed by atoms with Gasteiger partial charge in [0.1, 0.15) is 0 Å². The Labute approximate surface area is 133 Å². The van der Waals surface area contributed by atoms with Crippen molar-refractivity contribution in [3.63, 3.8) is 0 Å². The highest BCUT2D eigenvalue weighted by atomic mass is 79.9. The first-order valence-electron chi connectivity index (χ1n) is 7.52. The van der Waals surface area contributed by atoms with Gasteiger partial charge in [-0.2, -0.15) is 5.10 Å². The minimum Gasteiger partial charge on any atom is -0.347 e. The molecular weight excluding hydrogens is 330 g/mol. The summed E-state index contributed by atoms with van der Waals surface area (Å²) in [6, 6.07) is 0. The Morgan fingerprint density at radius 3 is 2.76 bits per heavy atom. The topological polar surface area (TPSA) is 39.8 Å². The van der Waals surface area contributed by atoms with Crippen molar-refractivity contribution in [2.75, 3.05) is 0 Å². The van der Waals surface area contributed by atoms with E-state index in [4.69, 9.17) is 0 Å². The van der Waals surface area contributed by atoms with E-state index < -0.39 is 0 Å². The molecule has 0 unspecified atom stereocenters. The van der Waals surface area contributed by atoms with Crippen LogP contribution in [0.25, 0.3) is 0 Å². The van der Waals surface area contributed by atoms with Gasteiger partial charge in [-0.1, -0.05) is 6.92 Å². The largest absolute Gasteiger partial charge is 0.347 e. The number of hydrogen-bond donors (Lipinski definition) is 0. The monoisotopic (exact) mass is 349 g/mol. The van der Waals surface area contributed by atoms with Crippen LogP contribution in [0.4, 0.5) is 0 Å². The Bertz CT molecular complexity index is 684. The Kier molecular flexibility index (Phi) is 4.02. The van der Waals surface area contributed by atoms with Crippen LogP contribution in [0.1, 0.15) is 53.5 Å². The summed E-state index contributed by atoms with van der Waals surface area (Å²) in [6.45, 7) is 2.85. The number of aryl methyl sites for hydroxylation is 3. The van der Waals surface area contributed by atoms with E-state index in [1.165, 1.54) is 5.56 Å². The van der Waals surface area contributed by atoms with E-state index in [-0.39, 0.29) is 0 Å². The van der Waals surface area contributed by atoms with Crippen LogP contribution in [0, 0.1) is 0 Å². The molecule has 0 bridgehead atoms. The molecule has 3 rings (SSSR count). The summed E-state index contributed by atoms with van der Waals surface area (Å²) in [7, 11) is 1.97. The van der Waals surface area contributed by atoms with E-state index in [1.807, 2.05) is 17.9 Å². The van der Waals surface area contributed by atoms with Crippen LogP contribution < -0.4 is 0 Å². The lowest BCUT2D eigenvalue weighted by molar-refractivity contribution is 0.0982. The number of hydrogen-bond acceptors (Lipinski definition) is 2. The number of ketones is 1. The summed E-state index contributed by atoms with van der Waals surface area (Å²) in [6.07, 6.45) is 8.87. The van der Waals surface area contributed by atoms with Crippen LogP contribution >= 0.6 is 15.9 Å². The highest BCUT2D eigenvalue weighted by Gasteiger charge is 2.19. The van der Waals surface area contributed by atoms with Crippen molar-refractivity contribution >= 4 is 21.7 Å². The standard InChI is InChI=1S/C16H20BrN3O/c1-3-13-16(17)14(19(2)18-13)10-20-8-11-6-4-5-7-15(21)12(11)9-20/h8-9H,3-7,10H2,1-2H3. The molecule has 0 amide bonds. The van der Waals surface area contributed by atoms with E-state index >= 15 is 0 Å². The number of fused-ring (bicyclic) bond motifs is 1. The molecule has 0 N–H and O–H groups in total. The number of carbonyl (C=O) groups excluding carboxylic acids is 1. The molecule has 1 aliphatic carbocycles. The predicted octanol–water partition coefficient (Wildman–Crippen LogP) is 3.50. The number of halogens is 1. The molecule has 112 valence electrons.